The molecule has 102 valence electrons. The van der Waals surface area contributed by atoms with Crippen LogP contribution < -0.4 is 0 Å². The maximum absolute atomic E-state index is 12.0. The molecule has 0 fully saturated rings. The first-order valence-corrected chi connectivity index (χ1v) is 6.13. The van der Waals surface area contributed by atoms with Gasteiger partial charge < -0.3 is 0 Å². The highest BCUT2D eigenvalue weighted by atomic mass is 32.2. The van der Waals surface area contributed by atoms with Gasteiger partial charge in [0.2, 0.25) is 0 Å². The summed E-state index contributed by atoms with van der Waals surface area (Å²) in [5, 5.41) is 11.4. The van der Waals surface area contributed by atoms with Crippen LogP contribution in [0.2, 0.25) is 0 Å². The van der Waals surface area contributed by atoms with Gasteiger partial charge in [-0.25, -0.2) is 0 Å². The average Bonchev–Trinajstić information content (AvgIpc) is 2.30. The molecule has 0 heterocycles. The fourth-order valence-electron chi connectivity index (χ4n) is 0.978. The lowest BCUT2D eigenvalue weighted by Gasteiger charge is -2.05. The Morgan fingerprint density at radius 1 is 1.32 bits per heavy atom. The van der Waals surface area contributed by atoms with Gasteiger partial charge in [-0.1, -0.05) is 35.0 Å². The molecule has 0 saturated heterocycles. The van der Waals surface area contributed by atoms with Crippen LogP contribution in [-0.4, -0.2) is 19.6 Å². The van der Waals surface area contributed by atoms with E-state index in [4.69, 9.17) is 5.26 Å². The van der Waals surface area contributed by atoms with Crippen molar-refractivity contribution in [2.24, 2.45) is 5.16 Å². The van der Waals surface area contributed by atoms with E-state index in [0.29, 0.717) is 0 Å². The number of hydrogen-bond donors (Lipinski definition) is 0. The third kappa shape index (κ3) is 3.69. The molecule has 1 aromatic rings. The minimum Gasteiger partial charge on any atom is -0.260 e. The number of nitrogens with zero attached hydrogens (tertiary/aromatic N) is 2. The van der Waals surface area contributed by atoms with E-state index in [1.807, 2.05) is 0 Å². The molecule has 0 aliphatic carbocycles. The number of oxime groups is 1. The van der Waals surface area contributed by atoms with Crippen LogP contribution >= 0.6 is 0 Å². The maximum Gasteiger partial charge on any atom is 0.536 e. The highest BCUT2D eigenvalue weighted by Crippen LogP contribution is 2.24. The fraction of sp³-hybridized carbons (Fsp3) is 0.200. The molecule has 9 heteroatoms. The average molecular weight is 292 g/mol. The Labute approximate surface area is 107 Å². The van der Waals surface area contributed by atoms with E-state index in [1.165, 1.54) is 18.2 Å². The highest BCUT2D eigenvalue weighted by Gasteiger charge is 2.49. The molecule has 0 spiro atoms. The summed E-state index contributed by atoms with van der Waals surface area (Å²) in [7, 11) is -5.86. The molecular formula is C10H7F3N2O3S. The van der Waals surface area contributed by atoms with Crippen molar-refractivity contribution in [3.05, 3.63) is 35.4 Å². The molecular weight excluding hydrogens is 285 g/mol. The van der Waals surface area contributed by atoms with Gasteiger partial charge in [-0.2, -0.15) is 26.9 Å². The van der Waals surface area contributed by atoms with Crippen molar-refractivity contribution >= 4 is 15.8 Å². The van der Waals surface area contributed by atoms with Gasteiger partial charge in [-0.15, -0.1) is 0 Å². The van der Waals surface area contributed by atoms with Gasteiger partial charge in [0.05, 0.1) is 0 Å². The molecule has 0 aliphatic heterocycles. The lowest BCUT2D eigenvalue weighted by atomic mass is 10.1. The van der Waals surface area contributed by atoms with Gasteiger partial charge in [0.1, 0.15) is 6.07 Å². The van der Waals surface area contributed by atoms with Gasteiger partial charge in [0, 0.05) is 5.56 Å². The highest BCUT2D eigenvalue weighted by molar-refractivity contribution is 7.87. The molecule has 0 amide bonds. The molecule has 0 radical (unpaired) electrons. The number of benzene rings is 1. The summed E-state index contributed by atoms with van der Waals surface area (Å²) in [5.41, 5.74) is -5.17. The summed E-state index contributed by atoms with van der Waals surface area (Å²) in [4.78, 5) is 0. The third-order valence-corrected chi connectivity index (χ3v) is 2.78. The Morgan fingerprint density at radius 2 is 1.84 bits per heavy atom. The molecule has 1 aromatic carbocycles. The second-order valence-corrected chi connectivity index (χ2v) is 4.91. The van der Waals surface area contributed by atoms with E-state index >= 15 is 0 Å². The van der Waals surface area contributed by atoms with E-state index in [-0.39, 0.29) is 5.56 Å². The van der Waals surface area contributed by atoms with Gasteiger partial charge in [-0.05, 0) is 6.92 Å². The molecule has 0 bridgehead atoms. The summed E-state index contributed by atoms with van der Waals surface area (Å²) in [6.45, 7) is 1.76. The smallest absolute Gasteiger partial charge is 0.260 e. The second-order valence-electron chi connectivity index (χ2n) is 3.39. The minimum absolute atomic E-state index is 0.144. The monoisotopic (exact) mass is 292 g/mol. The van der Waals surface area contributed by atoms with Gasteiger partial charge >= 0.3 is 15.6 Å². The number of halogens is 3. The summed E-state index contributed by atoms with van der Waals surface area (Å²) < 4.78 is 60.6. The van der Waals surface area contributed by atoms with E-state index in [2.05, 4.69) is 9.44 Å². The van der Waals surface area contributed by atoms with Crippen LogP contribution in [-0.2, 0) is 14.4 Å². The Balaban J connectivity index is 3.04. The van der Waals surface area contributed by atoms with Crippen molar-refractivity contribution in [1.82, 2.24) is 0 Å². The molecule has 1 rings (SSSR count). The predicted octanol–water partition coefficient (Wildman–Crippen LogP) is 2.09. The van der Waals surface area contributed by atoms with Crippen molar-refractivity contribution in [3.63, 3.8) is 0 Å². The van der Waals surface area contributed by atoms with E-state index < -0.39 is 21.3 Å². The number of alkyl halides is 3. The number of aryl methyl sites for hydroxylation is 1. The number of nitriles is 1. The second kappa shape index (κ2) is 5.27. The first kappa shape index (κ1) is 15.0. The van der Waals surface area contributed by atoms with Crippen molar-refractivity contribution in [2.45, 2.75) is 12.4 Å². The maximum atomic E-state index is 12.0. The lowest BCUT2D eigenvalue weighted by molar-refractivity contribution is -0.0540. The van der Waals surface area contributed by atoms with Gasteiger partial charge in [0.25, 0.3) is 0 Å². The normalized spacial score (nSPS) is 12.9. The zero-order chi connectivity index (χ0) is 14.7. The third-order valence-electron chi connectivity index (χ3n) is 1.94. The van der Waals surface area contributed by atoms with Crippen LogP contribution in [0.5, 0.6) is 0 Å². The Morgan fingerprint density at radius 3 is 2.26 bits per heavy atom. The fourth-order valence-corrected chi connectivity index (χ4v) is 1.23. The van der Waals surface area contributed by atoms with Crippen LogP contribution in [0, 0.1) is 18.3 Å². The van der Waals surface area contributed by atoms with Crippen molar-refractivity contribution in [2.75, 3.05) is 0 Å². The molecule has 5 nitrogen and oxygen atoms in total. The summed E-state index contributed by atoms with van der Waals surface area (Å²) in [5.74, 6) is 0. The number of rotatable bonds is 3. The summed E-state index contributed by atoms with van der Waals surface area (Å²) in [6, 6.07) is 7.43. The molecule has 0 unspecified atom stereocenters. The van der Waals surface area contributed by atoms with Crippen LogP contribution in [0.1, 0.15) is 11.1 Å². The number of hydrogen-bond acceptors (Lipinski definition) is 5. The van der Waals surface area contributed by atoms with Gasteiger partial charge in [0.15, 0.2) is 5.71 Å². The quantitative estimate of drug-likeness (QED) is 0.485. The summed E-state index contributed by atoms with van der Waals surface area (Å²) in [6.07, 6.45) is 0. The Hall–Kier alpha value is -2.08. The minimum atomic E-state index is -5.86. The van der Waals surface area contributed by atoms with E-state index in [0.717, 1.165) is 5.56 Å². The molecule has 0 aliphatic rings. The first-order valence-electron chi connectivity index (χ1n) is 4.72. The van der Waals surface area contributed by atoms with Crippen LogP contribution in [0.4, 0.5) is 13.2 Å². The Kier molecular flexibility index (Phi) is 4.16. The molecule has 19 heavy (non-hydrogen) atoms. The van der Waals surface area contributed by atoms with E-state index in [9.17, 15) is 21.6 Å². The molecule has 0 atom stereocenters. The van der Waals surface area contributed by atoms with Crippen molar-refractivity contribution in [3.8, 4) is 6.07 Å². The predicted molar refractivity (Wildman–Crippen MR) is 59.4 cm³/mol. The lowest BCUT2D eigenvalue weighted by Crippen LogP contribution is -2.24. The molecule has 0 N–H and O–H groups in total. The SMILES string of the molecule is Cc1ccc(/C(C#N)=N/OS(=O)(=O)C(F)(F)F)cc1. The summed E-state index contributed by atoms with van der Waals surface area (Å²) >= 11 is 0. The standard InChI is InChI=1S/C10H7F3N2O3S/c1-7-2-4-8(5-3-7)9(6-14)15-18-19(16,17)10(11,12)13/h2-5H,1H3/b15-9+. The topological polar surface area (TPSA) is 79.5 Å². The molecule has 0 saturated carbocycles. The largest absolute Gasteiger partial charge is 0.536 e. The van der Waals surface area contributed by atoms with Crippen molar-refractivity contribution in [1.29, 1.82) is 5.26 Å². The van der Waals surface area contributed by atoms with Crippen LogP contribution in [0.15, 0.2) is 29.4 Å². The zero-order valence-corrected chi connectivity index (χ0v) is 10.3. The van der Waals surface area contributed by atoms with Crippen molar-refractivity contribution < 1.29 is 25.9 Å². The molecule has 0 aromatic heterocycles. The van der Waals surface area contributed by atoms with E-state index in [1.54, 1.807) is 19.1 Å². The first-order chi connectivity index (χ1) is 8.67. The Bertz CT molecular complexity index is 627. The zero-order valence-electron chi connectivity index (χ0n) is 9.47. The van der Waals surface area contributed by atoms with Gasteiger partial charge in [-0.3, -0.25) is 4.28 Å². The van der Waals surface area contributed by atoms with Crippen LogP contribution in [0.3, 0.4) is 0 Å². The van der Waals surface area contributed by atoms with Crippen LogP contribution in [0.25, 0.3) is 0 Å².